The molecule has 0 saturated carbocycles. The maximum absolute atomic E-state index is 12.4. The van der Waals surface area contributed by atoms with Crippen LogP contribution in [0.25, 0.3) is 0 Å². The minimum atomic E-state index is -0.346. The van der Waals surface area contributed by atoms with E-state index in [9.17, 15) is 9.59 Å². The van der Waals surface area contributed by atoms with Crippen LogP contribution in [0.2, 0.25) is 10.0 Å². The van der Waals surface area contributed by atoms with Crippen molar-refractivity contribution in [2.24, 2.45) is 0 Å². The molecule has 1 saturated heterocycles. The quantitative estimate of drug-likeness (QED) is 0.587. The van der Waals surface area contributed by atoms with Crippen LogP contribution in [0.4, 0.5) is 17.6 Å². The number of rotatable bonds is 5. The second kappa shape index (κ2) is 9.18. The number of nitrogens with zero attached hydrogens (tertiary/aromatic N) is 5. The lowest BCUT2D eigenvalue weighted by Crippen LogP contribution is -2.51. The van der Waals surface area contributed by atoms with Crippen molar-refractivity contribution in [2.45, 2.75) is 19.3 Å². The minimum Gasteiger partial charge on any atom is -0.324 e. The zero-order chi connectivity index (χ0) is 22.7. The highest BCUT2D eigenvalue weighted by Gasteiger charge is 2.27. The number of carbonyl (C=O) groups excluding carboxylic acids is 2. The zero-order valence-corrected chi connectivity index (χ0v) is 18.0. The second-order valence-electron chi connectivity index (χ2n) is 6.83. The van der Waals surface area contributed by atoms with Gasteiger partial charge in [0.15, 0.2) is 0 Å². The molecule has 0 atom stereocenters. The molecule has 0 unspecified atom stereocenters. The van der Waals surface area contributed by atoms with Crippen molar-refractivity contribution >= 4 is 52.6 Å². The molecule has 4 rings (SSSR count). The normalized spacial score (nSPS) is 13.5. The molecular weight excluding hydrogens is 453 g/mol. The Morgan fingerprint density at radius 1 is 1.03 bits per heavy atom. The average molecular weight is 468 g/mol. The van der Waals surface area contributed by atoms with Crippen LogP contribution >= 0.6 is 23.2 Å². The number of anilines is 3. The summed E-state index contributed by atoms with van der Waals surface area (Å²) >= 11 is 12.6. The Balaban J connectivity index is 1.72. The number of hydrazine groups is 1. The Kier molecular flexibility index (Phi) is 6.16. The maximum atomic E-state index is 12.4. The zero-order valence-electron chi connectivity index (χ0n) is 16.5. The Morgan fingerprint density at radius 2 is 1.75 bits per heavy atom. The van der Waals surface area contributed by atoms with Crippen molar-refractivity contribution in [3.8, 4) is 6.07 Å². The molecule has 0 bridgehead atoms. The van der Waals surface area contributed by atoms with E-state index in [1.54, 1.807) is 42.5 Å². The van der Waals surface area contributed by atoms with Crippen molar-refractivity contribution in [3.05, 3.63) is 69.5 Å². The molecule has 0 aliphatic carbocycles. The SMILES string of the molecule is N#Cc1ccc(Nc2nc(Cc3c(Cl)cccc3Cl)nc(N3NC(=O)CCC3=O)n2)cc1. The lowest BCUT2D eigenvalue weighted by molar-refractivity contribution is -0.131. The third kappa shape index (κ3) is 4.77. The van der Waals surface area contributed by atoms with Gasteiger partial charge < -0.3 is 5.32 Å². The molecule has 2 heterocycles. The summed E-state index contributed by atoms with van der Waals surface area (Å²) in [6.45, 7) is 0. The third-order valence-electron chi connectivity index (χ3n) is 4.59. The number of amides is 2. The first-order valence-electron chi connectivity index (χ1n) is 9.50. The van der Waals surface area contributed by atoms with E-state index in [-0.39, 0.29) is 48.8 Å². The molecule has 2 aromatic carbocycles. The first-order valence-corrected chi connectivity index (χ1v) is 10.3. The van der Waals surface area contributed by atoms with Gasteiger partial charge in [0.1, 0.15) is 5.82 Å². The molecule has 2 amide bonds. The second-order valence-corrected chi connectivity index (χ2v) is 7.64. The van der Waals surface area contributed by atoms with E-state index in [0.29, 0.717) is 26.9 Å². The fourth-order valence-electron chi connectivity index (χ4n) is 3.00. The largest absolute Gasteiger partial charge is 0.324 e. The predicted molar refractivity (Wildman–Crippen MR) is 118 cm³/mol. The monoisotopic (exact) mass is 467 g/mol. The highest BCUT2D eigenvalue weighted by molar-refractivity contribution is 6.36. The summed E-state index contributed by atoms with van der Waals surface area (Å²) in [6.07, 6.45) is 0.312. The Hall–Kier alpha value is -3.74. The van der Waals surface area contributed by atoms with Crippen molar-refractivity contribution in [1.29, 1.82) is 5.26 Å². The first kappa shape index (κ1) is 21.5. The first-order chi connectivity index (χ1) is 15.4. The average Bonchev–Trinajstić information content (AvgIpc) is 2.78. The number of nitrogens with one attached hydrogen (secondary N) is 2. The fraction of sp³-hybridized carbons (Fsp3) is 0.143. The van der Waals surface area contributed by atoms with Crippen LogP contribution in [0.5, 0.6) is 0 Å². The summed E-state index contributed by atoms with van der Waals surface area (Å²) in [5.74, 6) is -0.268. The number of hydrogen-bond acceptors (Lipinski definition) is 7. The van der Waals surface area contributed by atoms with Gasteiger partial charge in [0.25, 0.3) is 5.95 Å². The lowest BCUT2D eigenvalue weighted by atomic mass is 10.1. The molecule has 1 fully saturated rings. The van der Waals surface area contributed by atoms with E-state index in [2.05, 4.69) is 25.7 Å². The molecule has 32 heavy (non-hydrogen) atoms. The molecule has 0 spiro atoms. The topological polar surface area (TPSA) is 124 Å². The predicted octanol–water partition coefficient (Wildman–Crippen LogP) is 3.54. The van der Waals surface area contributed by atoms with Gasteiger partial charge in [-0.05, 0) is 42.0 Å². The lowest BCUT2D eigenvalue weighted by Gasteiger charge is -2.25. The fourth-order valence-corrected chi connectivity index (χ4v) is 3.53. The summed E-state index contributed by atoms with van der Waals surface area (Å²) in [7, 11) is 0. The molecule has 160 valence electrons. The Labute approximate surface area is 193 Å². The van der Waals surface area contributed by atoms with Crippen LogP contribution < -0.4 is 15.8 Å². The summed E-state index contributed by atoms with van der Waals surface area (Å²) in [5.41, 5.74) is 4.22. The number of carbonyl (C=O) groups is 2. The van der Waals surface area contributed by atoms with Gasteiger partial charge in [-0.25, -0.2) is 0 Å². The van der Waals surface area contributed by atoms with Gasteiger partial charge in [0.05, 0.1) is 11.6 Å². The van der Waals surface area contributed by atoms with E-state index >= 15 is 0 Å². The summed E-state index contributed by atoms with van der Waals surface area (Å²) in [4.78, 5) is 37.3. The van der Waals surface area contributed by atoms with Crippen LogP contribution in [0.3, 0.4) is 0 Å². The summed E-state index contributed by atoms with van der Waals surface area (Å²) in [6, 6.07) is 13.9. The van der Waals surface area contributed by atoms with E-state index in [4.69, 9.17) is 28.5 Å². The van der Waals surface area contributed by atoms with Gasteiger partial charge in [0.2, 0.25) is 17.8 Å². The van der Waals surface area contributed by atoms with Crippen molar-refractivity contribution < 1.29 is 9.59 Å². The smallest absolute Gasteiger partial charge is 0.257 e. The van der Waals surface area contributed by atoms with E-state index in [0.717, 1.165) is 5.01 Å². The van der Waals surface area contributed by atoms with Gasteiger partial charge in [-0.1, -0.05) is 29.3 Å². The molecule has 1 aliphatic heterocycles. The van der Waals surface area contributed by atoms with Crippen molar-refractivity contribution in [3.63, 3.8) is 0 Å². The molecule has 0 radical (unpaired) electrons. The van der Waals surface area contributed by atoms with Crippen LogP contribution in [-0.4, -0.2) is 26.8 Å². The third-order valence-corrected chi connectivity index (χ3v) is 5.30. The van der Waals surface area contributed by atoms with Crippen LogP contribution in [-0.2, 0) is 16.0 Å². The molecule has 1 aromatic heterocycles. The maximum Gasteiger partial charge on any atom is 0.257 e. The van der Waals surface area contributed by atoms with Gasteiger partial charge in [-0.2, -0.15) is 25.2 Å². The number of halogens is 2. The van der Waals surface area contributed by atoms with Crippen molar-refractivity contribution in [2.75, 3.05) is 10.3 Å². The standard InChI is InChI=1S/C21H15Cl2N7O2/c22-15-2-1-3-16(23)14(15)10-17-26-20(25-13-6-4-12(11-24)5-7-13)28-21(27-17)30-19(32)9-8-18(31)29-30/h1-7H,8-10H2,(H,29,31)(H,25,26,27,28). The van der Waals surface area contributed by atoms with E-state index in [1.807, 2.05) is 6.07 Å². The van der Waals surface area contributed by atoms with Crippen LogP contribution in [0.1, 0.15) is 29.8 Å². The summed E-state index contributed by atoms with van der Waals surface area (Å²) < 4.78 is 0. The molecule has 3 aromatic rings. The molecule has 11 heteroatoms. The van der Waals surface area contributed by atoms with Gasteiger partial charge >= 0.3 is 0 Å². The van der Waals surface area contributed by atoms with Crippen LogP contribution in [0, 0.1) is 11.3 Å². The van der Waals surface area contributed by atoms with Crippen molar-refractivity contribution in [1.82, 2.24) is 20.4 Å². The van der Waals surface area contributed by atoms with Gasteiger partial charge in [-0.3, -0.25) is 15.0 Å². The molecule has 1 aliphatic rings. The summed E-state index contributed by atoms with van der Waals surface area (Å²) in [5, 5.41) is 13.9. The number of hydrogen-bond donors (Lipinski definition) is 2. The minimum absolute atomic E-state index is 0.0348. The van der Waals surface area contributed by atoms with E-state index in [1.165, 1.54) is 0 Å². The number of benzene rings is 2. The molecule has 9 nitrogen and oxygen atoms in total. The van der Waals surface area contributed by atoms with Crippen LogP contribution in [0.15, 0.2) is 42.5 Å². The highest BCUT2D eigenvalue weighted by Crippen LogP contribution is 2.27. The number of nitriles is 1. The van der Waals surface area contributed by atoms with Gasteiger partial charge in [0, 0.05) is 35.0 Å². The number of aromatic nitrogens is 3. The highest BCUT2D eigenvalue weighted by atomic mass is 35.5. The van der Waals surface area contributed by atoms with Gasteiger partial charge in [-0.15, -0.1) is 0 Å². The van der Waals surface area contributed by atoms with E-state index < -0.39 is 0 Å². The molecular formula is C21H15Cl2N7O2. The molecule has 2 N–H and O–H groups in total. The Morgan fingerprint density at radius 3 is 2.44 bits per heavy atom. The Bertz CT molecular complexity index is 1220.